The summed E-state index contributed by atoms with van der Waals surface area (Å²) in [6.07, 6.45) is 23.5. The third-order valence-electron chi connectivity index (χ3n) is 4.70. The van der Waals surface area contributed by atoms with Crippen molar-refractivity contribution in [3.63, 3.8) is 0 Å². The van der Waals surface area contributed by atoms with E-state index >= 15 is 0 Å². The molecular weight excluding hydrogens is 354 g/mol. The van der Waals surface area contributed by atoms with E-state index in [9.17, 15) is 0 Å². The average Bonchev–Trinajstić information content (AvgIpc) is 3.18. The third kappa shape index (κ3) is 21.2. The minimum absolute atomic E-state index is 0.750. The minimum Gasteiger partial charge on any atom is -0.368 e. The Morgan fingerprint density at radius 3 is 1.59 bits per heavy atom. The van der Waals surface area contributed by atoms with Gasteiger partial charge in [-0.15, -0.1) is 5.10 Å². The second-order valence-electron chi connectivity index (χ2n) is 7.26. The first kappa shape index (κ1) is 26.0. The van der Waals surface area contributed by atoms with Crippen LogP contribution in [-0.4, -0.2) is 22.4 Å². The molecule has 0 aliphatic rings. The van der Waals surface area contributed by atoms with Crippen LogP contribution in [-0.2, 0) is 4.79 Å². The van der Waals surface area contributed by atoms with E-state index in [1.165, 1.54) is 121 Å². The number of carbonyl (C=O) groups is 1. The Hall–Kier alpha value is -0.970. The summed E-state index contributed by atoms with van der Waals surface area (Å²) in [5, 5.41) is 9.26. The van der Waals surface area contributed by atoms with Gasteiger partial charge in [-0.25, -0.2) is 0 Å². The molecule has 0 fully saturated rings. The Morgan fingerprint density at radius 2 is 1.22 bits per heavy atom. The van der Waals surface area contributed by atoms with Crippen molar-refractivity contribution in [3.8, 4) is 0 Å². The fraction of sp³-hybridized carbons (Fsp3) is 0.864. The van der Waals surface area contributed by atoms with Gasteiger partial charge in [-0.3, -0.25) is 0 Å². The van der Waals surface area contributed by atoms with Crippen LogP contribution in [0.4, 0.5) is 5.82 Å². The van der Waals surface area contributed by atoms with Crippen LogP contribution in [0, 0.1) is 0 Å². The minimum atomic E-state index is 0.750. The molecule has 158 valence electrons. The first-order chi connectivity index (χ1) is 13.3. The highest BCUT2D eigenvalue weighted by Gasteiger charge is 1.96. The summed E-state index contributed by atoms with van der Waals surface area (Å²) in [5.41, 5.74) is 0. The van der Waals surface area contributed by atoms with E-state index in [1.54, 1.807) is 0 Å². The van der Waals surface area contributed by atoms with E-state index < -0.39 is 0 Å². The molecule has 1 aromatic heterocycles. The molecule has 4 nitrogen and oxygen atoms in total. The molecule has 0 aliphatic carbocycles. The quantitative estimate of drug-likeness (QED) is 0.207. The number of anilines is 1. The van der Waals surface area contributed by atoms with Crippen LogP contribution in [0.3, 0.4) is 0 Å². The highest BCUT2D eigenvalue weighted by molar-refractivity contribution is 7.03. The molecular formula is C22H43N3OS. The summed E-state index contributed by atoms with van der Waals surface area (Å²) in [7, 11) is 0. The van der Waals surface area contributed by atoms with E-state index in [2.05, 4.69) is 21.8 Å². The van der Waals surface area contributed by atoms with Gasteiger partial charge in [-0.2, -0.15) is 0 Å². The zero-order valence-electron chi connectivity index (χ0n) is 17.9. The normalized spacial score (nSPS) is 10.3. The smallest absolute Gasteiger partial charge is 0.161 e. The lowest BCUT2D eigenvalue weighted by atomic mass is 10.0. The Morgan fingerprint density at radius 1 is 0.815 bits per heavy atom. The predicted octanol–water partition coefficient (Wildman–Crippen LogP) is 7.42. The predicted molar refractivity (Wildman–Crippen MR) is 120 cm³/mol. The molecule has 0 spiro atoms. The monoisotopic (exact) mass is 397 g/mol. The van der Waals surface area contributed by atoms with Gasteiger partial charge in [-0.1, -0.05) is 108 Å². The first-order valence-corrected chi connectivity index (χ1v) is 12.1. The zero-order chi connectivity index (χ0) is 19.8. The molecule has 0 saturated carbocycles. The van der Waals surface area contributed by atoms with Gasteiger partial charge >= 0.3 is 0 Å². The van der Waals surface area contributed by atoms with Crippen LogP contribution in [0.15, 0.2) is 5.38 Å². The maximum Gasteiger partial charge on any atom is 0.161 e. The van der Waals surface area contributed by atoms with Crippen LogP contribution in [0.25, 0.3) is 0 Å². The lowest BCUT2D eigenvalue weighted by Crippen LogP contribution is -2.01. The van der Waals surface area contributed by atoms with Gasteiger partial charge in [-0.05, 0) is 24.9 Å². The molecule has 0 amide bonds. The third-order valence-corrected chi connectivity index (χ3v) is 5.20. The van der Waals surface area contributed by atoms with Crippen LogP contribution >= 0.6 is 11.5 Å². The van der Waals surface area contributed by atoms with Gasteiger partial charge < -0.3 is 10.1 Å². The number of nitrogens with one attached hydrogen (secondary N) is 1. The van der Waals surface area contributed by atoms with Crippen LogP contribution in [0.5, 0.6) is 0 Å². The van der Waals surface area contributed by atoms with Gasteiger partial charge in [0.1, 0.15) is 6.29 Å². The molecule has 1 N–H and O–H groups in total. The van der Waals surface area contributed by atoms with Crippen molar-refractivity contribution in [2.75, 3.05) is 11.9 Å². The Bertz CT molecular complexity index is 385. The average molecular weight is 398 g/mol. The van der Waals surface area contributed by atoms with Crippen molar-refractivity contribution in [3.05, 3.63) is 5.38 Å². The fourth-order valence-corrected chi connectivity index (χ4v) is 3.54. The van der Waals surface area contributed by atoms with E-state index in [-0.39, 0.29) is 0 Å². The van der Waals surface area contributed by atoms with Crippen molar-refractivity contribution < 1.29 is 4.79 Å². The van der Waals surface area contributed by atoms with E-state index in [1.807, 2.05) is 5.38 Å². The SMILES string of the molecule is CC=O.CCCCCCCCCCCCCCCCCCNc1csnn1. The van der Waals surface area contributed by atoms with Crippen LogP contribution < -0.4 is 5.32 Å². The summed E-state index contributed by atoms with van der Waals surface area (Å²) in [6.45, 7) is 4.77. The molecule has 5 heteroatoms. The van der Waals surface area contributed by atoms with Crippen molar-refractivity contribution in [1.29, 1.82) is 0 Å². The molecule has 0 bridgehead atoms. The molecule has 0 radical (unpaired) electrons. The van der Waals surface area contributed by atoms with Gasteiger partial charge in [0.25, 0.3) is 0 Å². The standard InChI is InChI=1S/C20H39N3S.C2H4O/c1-2-3-4-5-6-7-8-9-10-11-12-13-14-15-16-17-18-21-20-19-24-23-22-20;1-2-3/h19,21H,2-18H2,1H3;2H,1H3. The van der Waals surface area contributed by atoms with Crippen LogP contribution in [0.2, 0.25) is 0 Å². The maximum absolute atomic E-state index is 8.81. The summed E-state index contributed by atoms with van der Waals surface area (Å²) >= 11 is 1.41. The second kappa shape index (κ2) is 23.1. The van der Waals surface area contributed by atoms with Crippen molar-refractivity contribution in [2.45, 2.75) is 117 Å². The van der Waals surface area contributed by atoms with Gasteiger partial charge in [0, 0.05) is 6.54 Å². The largest absolute Gasteiger partial charge is 0.368 e. The number of hydrogen-bond acceptors (Lipinski definition) is 5. The first-order valence-electron chi connectivity index (χ1n) is 11.3. The number of rotatable bonds is 18. The van der Waals surface area contributed by atoms with Gasteiger partial charge in [0.2, 0.25) is 0 Å². The molecule has 1 heterocycles. The molecule has 0 saturated heterocycles. The number of hydrogen-bond donors (Lipinski definition) is 1. The number of carbonyl (C=O) groups excluding carboxylic acids is 1. The molecule has 0 atom stereocenters. The number of unbranched alkanes of at least 4 members (excludes halogenated alkanes) is 15. The molecule has 0 aliphatic heterocycles. The molecule has 0 aromatic carbocycles. The Kier molecular flexibility index (Phi) is 22.2. The van der Waals surface area contributed by atoms with Gasteiger partial charge in [0.05, 0.1) is 5.38 Å². The lowest BCUT2D eigenvalue weighted by molar-refractivity contribution is -0.106. The lowest BCUT2D eigenvalue weighted by Gasteiger charge is -2.04. The van der Waals surface area contributed by atoms with Crippen LogP contribution in [0.1, 0.15) is 117 Å². The summed E-state index contributed by atoms with van der Waals surface area (Å²) < 4.78 is 3.85. The zero-order valence-corrected chi connectivity index (χ0v) is 18.7. The fourth-order valence-electron chi connectivity index (χ4n) is 3.13. The summed E-state index contributed by atoms with van der Waals surface area (Å²) in [6, 6.07) is 0. The molecule has 1 aromatic rings. The van der Waals surface area contributed by atoms with E-state index in [0.29, 0.717) is 0 Å². The summed E-state index contributed by atoms with van der Waals surface area (Å²) in [5.74, 6) is 0.931. The Balaban J connectivity index is 0.00000210. The highest BCUT2D eigenvalue weighted by atomic mass is 32.1. The topological polar surface area (TPSA) is 54.9 Å². The Labute approximate surface area is 172 Å². The molecule has 0 unspecified atom stereocenters. The van der Waals surface area contributed by atoms with Crippen molar-refractivity contribution >= 4 is 23.6 Å². The number of nitrogens with zero attached hydrogens (tertiary/aromatic N) is 2. The summed E-state index contributed by atoms with van der Waals surface area (Å²) in [4.78, 5) is 8.81. The maximum atomic E-state index is 8.81. The van der Waals surface area contributed by atoms with Crippen molar-refractivity contribution in [2.24, 2.45) is 0 Å². The van der Waals surface area contributed by atoms with Crippen molar-refractivity contribution in [1.82, 2.24) is 9.59 Å². The number of aromatic nitrogens is 2. The highest BCUT2D eigenvalue weighted by Crippen LogP contribution is 2.13. The molecule has 1 rings (SSSR count). The van der Waals surface area contributed by atoms with E-state index in [4.69, 9.17) is 4.79 Å². The molecule has 27 heavy (non-hydrogen) atoms. The van der Waals surface area contributed by atoms with E-state index in [0.717, 1.165) is 18.6 Å². The van der Waals surface area contributed by atoms with Gasteiger partial charge in [0.15, 0.2) is 5.82 Å². The second-order valence-corrected chi connectivity index (χ2v) is 7.87. The number of aldehydes is 1.